The molecule has 0 aliphatic carbocycles. The van der Waals surface area contributed by atoms with Crippen molar-refractivity contribution in [3.8, 4) is 27.9 Å². The van der Waals surface area contributed by atoms with Gasteiger partial charge in [-0.05, 0) is 99.1 Å². The summed E-state index contributed by atoms with van der Waals surface area (Å²) in [6, 6.07) is 74.7. The molecule has 2 heteroatoms. The summed E-state index contributed by atoms with van der Waals surface area (Å²) in [6.45, 7) is 0. The molecule has 0 amide bonds. The quantitative estimate of drug-likeness (QED) is 0.172. The first-order valence-electron chi connectivity index (χ1n) is 17.8. The van der Waals surface area contributed by atoms with Crippen molar-refractivity contribution in [2.24, 2.45) is 0 Å². The summed E-state index contributed by atoms with van der Waals surface area (Å²) in [5, 5.41) is 7.45. The van der Waals surface area contributed by atoms with Gasteiger partial charge in [0.2, 0.25) is 0 Å². The average Bonchev–Trinajstić information content (AvgIpc) is 3.55. The van der Waals surface area contributed by atoms with E-state index in [0.717, 1.165) is 17.1 Å². The van der Waals surface area contributed by atoms with Crippen molar-refractivity contribution in [1.82, 2.24) is 4.57 Å². The molecule has 0 spiro atoms. The maximum atomic E-state index is 2.42. The van der Waals surface area contributed by atoms with Gasteiger partial charge in [0, 0.05) is 33.2 Å². The van der Waals surface area contributed by atoms with E-state index in [1.807, 2.05) is 0 Å². The topological polar surface area (TPSA) is 8.17 Å². The fourth-order valence-electron chi connectivity index (χ4n) is 7.81. The third-order valence-electron chi connectivity index (χ3n) is 10.4. The molecule has 0 bridgehead atoms. The Balaban J connectivity index is 1.06. The van der Waals surface area contributed by atoms with Crippen molar-refractivity contribution >= 4 is 60.4 Å². The van der Waals surface area contributed by atoms with E-state index in [4.69, 9.17) is 0 Å². The molecular formula is C50H34N2. The Kier molecular flexibility index (Phi) is 7.18. The number of anilines is 3. The van der Waals surface area contributed by atoms with Gasteiger partial charge in [0.05, 0.1) is 16.7 Å². The number of nitrogens with zero attached hydrogens (tertiary/aromatic N) is 2. The first-order chi connectivity index (χ1) is 25.8. The second kappa shape index (κ2) is 12.5. The molecule has 0 radical (unpaired) electrons. The molecule has 2 nitrogen and oxygen atoms in total. The second-order valence-corrected chi connectivity index (χ2v) is 13.4. The van der Waals surface area contributed by atoms with Gasteiger partial charge >= 0.3 is 0 Å². The number of hydrogen-bond acceptors (Lipinski definition) is 1. The summed E-state index contributed by atoms with van der Waals surface area (Å²) in [6.07, 6.45) is 0. The summed E-state index contributed by atoms with van der Waals surface area (Å²) in [5.74, 6) is 0. The van der Waals surface area contributed by atoms with E-state index < -0.39 is 0 Å². The van der Waals surface area contributed by atoms with Crippen molar-refractivity contribution in [3.05, 3.63) is 206 Å². The van der Waals surface area contributed by atoms with Crippen LogP contribution in [0.2, 0.25) is 0 Å². The van der Waals surface area contributed by atoms with Crippen LogP contribution in [0.15, 0.2) is 206 Å². The SMILES string of the molecule is c1ccc(-c2ccc(N(c3ccc(-c4ccc5c(c4)c4ccccc4n5-c4cccc5ccccc45)cc3)c3ccc4ccccc4c3)cc2)cc1. The number of fused-ring (bicyclic) bond motifs is 5. The van der Waals surface area contributed by atoms with Gasteiger partial charge in [-0.25, -0.2) is 0 Å². The van der Waals surface area contributed by atoms with E-state index in [2.05, 4.69) is 216 Å². The first kappa shape index (κ1) is 30.0. The average molecular weight is 663 g/mol. The Morgan fingerprint density at radius 1 is 0.288 bits per heavy atom. The maximum absolute atomic E-state index is 2.42. The third-order valence-corrected chi connectivity index (χ3v) is 10.4. The largest absolute Gasteiger partial charge is 0.310 e. The van der Waals surface area contributed by atoms with Crippen LogP contribution in [0.25, 0.3) is 71.3 Å². The smallest absolute Gasteiger partial charge is 0.0541 e. The zero-order valence-electron chi connectivity index (χ0n) is 28.5. The van der Waals surface area contributed by atoms with Crippen molar-refractivity contribution in [2.75, 3.05) is 4.90 Å². The van der Waals surface area contributed by atoms with Gasteiger partial charge in [0.25, 0.3) is 0 Å². The Morgan fingerprint density at radius 3 is 1.60 bits per heavy atom. The molecule has 10 rings (SSSR count). The van der Waals surface area contributed by atoms with Crippen LogP contribution in [0.5, 0.6) is 0 Å². The van der Waals surface area contributed by atoms with Crippen LogP contribution >= 0.6 is 0 Å². The Bertz CT molecular complexity index is 2880. The first-order valence-corrected chi connectivity index (χ1v) is 17.8. The summed E-state index contributed by atoms with van der Waals surface area (Å²) in [7, 11) is 0. The van der Waals surface area contributed by atoms with Crippen LogP contribution < -0.4 is 4.90 Å². The lowest BCUT2D eigenvalue weighted by Crippen LogP contribution is -2.09. The van der Waals surface area contributed by atoms with Gasteiger partial charge in [-0.2, -0.15) is 0 Å². The van der Waals surface area contributed by atoms with Gasteiger partial charge in [-0.1, -0.05) is 146 Å². The summed E-state index contributed by atoms with van der Waals surface area (Å²) in [4.78, 5) is 2.35. The van der Waals surface area contributed by atoms with Crippen LogP contribution in [-0.4, -0.2) is 4.57 Å². The molecule has 244 valence electrons. The highest BCUT2D eigenvalue weighted by atomic mass is 15.1. The van der Waals surface area contributed by atoms with Crippen molar-refractivity contribution in [3.63, 3.8) is 0 Å². The highest BCUT2D eigenvalue weighted by molar-refractivity contribution is 6.11. The van der Waals surface area contributed by atoms with Crippen LogP contribution in [0.1, 0.15) is 0 Å². The predicted molar refractivity (Wildman–Crippen MR) is 221 cm³/mol. The third kappa shape index (κ3) is 5.12. The molecule has 9 aromatic carbocycles. The van der Waals surface area contributed by atoms with Crippen LogP contribution in [0, 0.1) is 0 Å². The fraction of sp³-hybridized carbons (Fsp3) is 0. The van der Waals surface area contributed by atoms with Crippen LogP contribution in [0.3, 0.4) is 0 Å². The second-order valence-electron chi connectivity index (χ2n) is 13.4. The lowest BCUT2D eigenvalue weighted by atomic mass is 10.0. The number of aromatic nitrogens is 1. The van der Waals surface area contributed by atoms with E-state index in [9.17, 15) is 0 Å². The highest BCUT2D eigenvalue weighted by Gasteiger charge is 2.17. The summed E-state index contributed by atoms with van der Waals surface area (Å²) in [5.41, 5.74) is 11.8. The lowest BCUT2D eigenvalue weighted by Gasteiger charge is -2.26. The summed E-state index contributed by atoms with van der Waals surface area (Å²) >= 11 is 0. The van der Waals surface area contributed by atoms with E-state index in [0.29, 0.717) is 0 Å². The standard InChI is InChI=1S/C50H34N2/c1-2-11-35(12-3-1)37-21-27-42(28-22-37)51(44-31-25-36-13-4-5-15-40(36)33-44)43-29-23-38(24-30-43)41-26-32-50-47(34-41)46-18-8-9-19-49(46)52(50)48-20-10-16-39-14-6-7-17-45(39)48/h1-34H. The number of para-hydroxylation sites is 1. The fourth-order valence-corrected chi connectivity index (χ4v) is 7.81. The summed E-state index contributed by atoms with van der Waals surface area (Å²) < 4.78 is 2.42. The van der Waals surface area contributed by atoms with E-state index in [1.165, 1.54) is 71.3 Å². The van der Waals surface area contributed by atoms with Gasteiger partial charge in [-0.3, -0.25) is 0 Å². The molecule has 0 saturated heterocycles. The van der Waals surface area contributed by atoms with E-state index in [-0.39, 0.29) is 0 Å². The molecular weight excluding hydrogens is 629 g/mol. The molecule has 10 aromatic rings. The van der Waals surface area contributed by atoms with E-state index >= 15 is 0 Å². The van der Waals surface area contributed by atoms with Gasteiger partial charge < -0.3 is 9.47 Å². The molecule has 1 heterocycles. The molecule has 0 atom stereocenters. The maximum Gasteiger partial charge on any atom is 0.0541 e. The van der Waals surface area contributed by atoms with Crippen LogP contribution in [-0.2, 0) is 0 Å². The van der Waals surface area contributed by atoms with Crippen molar-refractivity contribution in [1.29, 1.82) is 0 Å². The molecule has 0 saturated carbocycles. The molecule has 0 unspecified atom stereocenters. The van der Waals surface area contributed by atoms with Crippen molar-refractivity contribution in [2.45, 2.75) is 0 Å². The lowest BCUT2D eigenvalue weighted by molar-refractivity contribution is 1.20. The zero-order valence-corrected chi connectivity index (χ0v) is 28.5. The minimum Gasteiger partial charge on any atom is -0.310 e. The Morgan fingerprint density at radius 2 is 0.827 bits per heavy atom. The Labute approximate surface area is 303 Å². The van der Waals surface area contributed by atoms with Gasteiger partial charge in [0.1, 0.15) is 0 Å². The number of benzene rings is 9. The molecule has 52 heavy (non-hydrogen) atoms. The number of rotatable bonds is 6. The molecule has 0 aliphatic rings. The van der Waals surface area contributed by atoms with Crippen LogP contribution in [0.4, 0.5) is 17.1 Å². The monoisotopic (exact) mass is 662 g/mol. The van der Waals surface area contributed by atoms with E-state index in [1.54, 1.807) is 0 Å². The minimum absolute atomic E-state index is 1.11. The zero-order chi connectivity index (χ0) is 34.4. The predicted octanol–water partition coefficient (Wildman–Crippen LogP) is 13.9. The molecule has 1 aromatic heterocycles. The van der Waals surface area contributed by atoms with Gasteiger partial charge in [0.15, 0.2) is 0 Å². The number of hydrogen-bond donors (Lipinski definition) is 0. The molecule has 0 fully saturated rings. The normalized spacial score (nSPS) is 11.5. The Hall–Kier alpha value is -6.90. The minimum atomic E-state index is 1.11. The molecule has 0 N–H and O–H groups in total. The van der Waals surface area contributed by atoms with Gasteiger partial charge in [-0.15, -0.1) is 0 Å². The highest BCUT2D eigenvalue weighted by Crippen LogP contribution is 2.40. The molecule has 0 aliphatic heterocycles. The van der Waals surface area contributed by atoms with Crippen molar-refractivity contribution < 1.29 is 0 Å².